The Morgan fingerprint density at radius 3 is 2.53 bits per heavy atom. The van der Waals surface area contributed by atoms with Gasteiger partial charge in [0.15, 0.2) is 0 Å². The first-order chi connectivity index (χ1) is 7.17. The predicted octanol–water partition coefficient (Wildman–Crippen LogP) is 1.89. The molecule has 2 rings (SSSR count). The minimum Gasteiger partial charge on any atom is -0.480 e. The van der Waals surface area contributed by atoms with Crippen LogP contribution in [0, 0.1) is 5.92 Å². The number of carboxylic acid groups (broad SMARTS) is 1. The third kappa shape index (κ3) is 1.89. The Balaban J connectivity index is 2.19. The third-order valence-electron chi connectivity index (χ3n) is 3.74. The maximum absolute atomic E-state index is 11.4. The van der Waals surface area contributed by atoms with Gasteiger partial charge in [-0.2, -0.15) is 0 Å². The lowest BCUT2D eigenvalue weighted by Crippen LogP contribution is -2.47. The highest BCUT2D eigenvalue weighted by Gasteiger charge is 2.51. The van der Waals surface area contributed by atoms with Crippen LogP contribution in [0.2, 0.25) is 0 Å². The fourth-order valence-corrected chi connectivity index (χ4v) is 4.49. The first-order valence-corrected chi connectivity index (χ1v) is 6.71. The smallest absolute Gasteiger partial charge is 0.320 e. The predicted molar refractivity (Wildman–Crippen MR) is 60.0 cm³/mol. The Hall–Kier alpha value is -0.220. The van der Waals surface area contributed by atoms with Crippen molar-refractivity contribution in [2.75, 3.05) is 5.75 Å². The fraction of sp³-hybridized carbons (Fsp3) is 0.909. The van der Waals surface area contributed by atoms with E-state index in [2.05, 4.69) is 0 Å². The second kappa shape index (κ2) is 4.34. The summed E-state index contributed by atoms with van der Waals surface area (Å²) < 4.78 is -0.681. The molecule has 15 heavy (non-hydrogen) atoms. The van der Waals surface area contributed by atoms with Gasteiger partial charge in [-0.05, 0) is 31.4 Å². The quantitative estimate of drug-likeness (QED) is 0.760. The summed E-state index contributed by atoms with van der Waals surface area (Å²) in [5.41, 5.74) is 0. The van der Waals surface area contributed by atoms with Crippen molar-refractivity contribution in [3.63, 3.8) is 0 Å². The fourth-order valence-electron chi connectivity index (χ4n) is 2.94. The Bertz CT molecular complexity index is 248. The van der Waals surface area contributed by atoms with Crippen molar-refractivity contribution >= 4 is 17.7 Å². The molecule has 1 saturated carbocycles. The van der Waals surface area contributed by atoms with Gasteiger partial charge < -0.3 is 10.2 Å². The number of aliphatic hydroxyl groups excluding tert-OH is 1. The van der Waals surface area contributed by atoms with Gasteiger partial charge in [0.05, 0.1) is 6.10 Å². The molecular formula is C11H18O3S. The largest absolute Gasteiger partial charge is 0.480 e. The lowest BCUT2D eigenvalue weighted by atomic mass is 9.75. The van der Waals surface area contributed by atoms with E-state index in [0.717, 1.165) is 44.3 Å². The monoisotopic (exact) mass is 230 g/mol. The molecule has 3 atom stereocenters. The highest BCUT2D eigenvalue weighted by atomic mass is 32.2. The molecule has 2 fully saturated rings. The Kier molecular flexibility index (Phi) is 3.26. The van der Waals surface area contributed by atoms with Crippen molar-refractivity contribution in [3.05, 3.63) is 0 Å². The van der Waals surface area contributed by atoms with E-state index in [0.29, 0.717) is 0 Å². The van der Waals surface area contributed by atoms with Crippen molar-refractivity contribution in [3.8, 4) is 0 Å². The molecule has 0 aromatic carbocycles. The molecule has 3 unspecified atom stereocenters. The molecule has 1 heterocycles. The number of hydrogen-bond donors (Lipinski definition) is 2. The van der Waals surface area contributed by atoms with Gasteiger partial charge in [-0.15, -0.1) is 11.8 Å². The van der Waals surface area contributed by atoms with Crippen LogP contribution >= 0.6 is 11.8 Å². The molecule has 4 heteroatoms. The topological polar surface area (TPSA) is 57.5 Å². The Labute approximate surface area is 94.3 Å². The van der Waals surface area contributed by atoms with Crippen molar-refractivity contribution in [1.82, 2.24) is 0 Å². The van der Waals surface area contributed by atoms with Gasteiger partial charge in [-0.3, -0.25) is 4.79 Å². The zero-order valence-corrected chi connectivity index (χ0v) is 9.63. The number of carbonyl (C=O) groups is 1. The summed E-state index contributed by atoms with van der Waals surface area (Å²) in [6.45, 7) is 0. The summed E-state index contributed by atoms with van der Waals surface area (Å²) in [5, 5.41) is 19.4. The minimum absolute atomic E-state index is 0.0313. The van der Waals surface area contributed by atoms with Crippen LogP contribution in [-0.4, -0.2) is 32.8 Å². The summed E-state index contributed by atoms with van der Waals surface area (Å²) in [6, 6.07) is 0. The van der Waals surface area contributed by atoms with E-state index in [-0.39, 0.29) is 5.92 Å². The number of thioether (sulfide) groups is 1. The number of rotatable bonds is 2. The molecule has 86 valence electrons. The van der Waals surface area contributed by atoms with E-state index in [1.165, 1.54) is 0 Å². The van der Waals surface area contributed by atoms with Crippen LogP contribution in [0.1, 0.15) is 38.5 Å². The first-order valence-electron chi connectivity index (χ1n) is 5.72. The minimum atomic E-state index is -0.712. The molecule has 2 N–H and O–H groups in total. The second-order valence-corrected chi connectivity index (χ2v) is 6.03. The van der Waals surface area contributed by atoms with Crippen LogP contribution < -0.4 is 0 Å². The third-order valence-corrected chi connectivity index (χ3v) is 5.43. The summed E-state index contributed by atoms with van der Waals surface area (Å²) in [5.74, 6) is 0.183. The Morgan fingerprint density at radius 1 is 1.27 bits per heavy atom. The Morgan fingerprint density at radius 2 is 2.00 bits per heavy atom. The van der Waals surface area contributed by atoms with Crippen molar-refractivity contribution < 1.29 is 15.0 Å². The number of aliphatic carboxylic acids is 1. The van der Waals surface area contributed by atoms with E-state index >= 15 is 0 Å². The first kappa shape index (κ1) is 11.3. The van der Waals surface area contributed by atoms with Crippen LogP contribution in [0.5, 0.6) is 0 Å². The molecule has 1 saturated heterocycles. The molecule has 0 aromatic rings. The lowest BCUT2D eigenvalue weighted by molar-refractivity contribution is -0.143. The zero-order valence-electron chi connectivity index (χ0n) is 8.82. The summed E-state index contributed by atoms with van der Waals surface area (Å²) >= 11 is 1.55. The normalized spacial score (nSPS) is 41.7. The molecule has 0 aromatic heterocycles. The summed E-state index contributed by atoms with van der Waals surface area (Å²) in [7, 11) is 0. The van der Waals surface area contributed by atoms with Gasteiger partial charge in [0.1, 0.15) is 4.75 Å². The highest BCUT2D eigenvalue weighted by molar-refractivity contribution is 8.01. The number of aliphatic hydroxyl groups is 1. The van der Waals surface area contributed by atoms with Crippen LogP contribution in [0.4, 0.5) is 0 Å². The molecule has 1 aliphatic heterocycles. The number of hydrogen-bond acceptors (Lipinski definition) is 3. The molecule has 0 spiro atoms. The number of carboxylic acids is 1. The molecule has 2 aliphatic rings. The van der Waals surface area contributed by atoms with Gasteiger partial charge in [0, 0.05) is 5.92 Å². The summed E-state index contributed by atoms with van der Waals surface area (Å²) in [6.07, 6.45) is 5.06. The van der Waals surface area contributed by atoms with Gasteiger partial charge in [-0.25, -0.2) is 0 Å². The van der Waals surface area contributed by atoms with Gasteiger partial charge in [-0.1, -0.05) is 12.8 Å². The van der Waals surface area contributed by atoms with E-state index in [4.69, 9.17) is 0 Å². The van der Waals surface area contributed by atoms with Gasteiger partial charge in [0.25, 0.3) is 0 Å². The van der Waals surface area contributed by atoms with Crippen molar-refractivity contribution in [1.29, 1.82) is 0 Å². The molecule has 0 radical (unpaired) electrons. The van der Waals surface area contributed by atoms with Crippen LogP contribution in [0.3, 0.4) is 0 Å². The van der Waals surface area contributed by atoms with Crippen molar-refractivity contribution in [2.24, 2.45) is 5.92 Å². The van der Waals surface area contributed by atoms with Crippen LogP contribution in [0.25, 0.3) is 0 Å². The van der Waals surface area contributed by atoms with E-state index in [9.17, 15) is 15.0 Å². The van der Waals surface area contributed by atoms with E-state index in [1.54, 1.807) is 11.8 Å². The molecule has 0 bridgehead atoms. The SMILES string of the molecule is O=C(O)C1(C2CCCCC2O)CCCS1. The average molecular weight is 230 g/mol. The highest BCUT2D eigenvalue weighted by Crippen LogP contribution is 2.49. The van der Waals surface area contributed by atoms with Gasteiger partial charge in [0.2, 0.25) is 0 Å². The maximum Gasteiger partial charge on any atom is 0.320 e. The molecule has 1 aliphatic carbocycles. The molecule has 3 nitrogen and oxygen atoms in total. The van der Waals surface area contributed by atoms with E-state index in [1.807, 2.05) is 0 Å². The van der Waals surface area contributed by atoms with Crippen LogP contribution in [-0.2, 0) is 4.79 Å². The lowest BCUT2D eigenvalue weighted by Gasteiger charge is -2.38. The van der Waals surface area contributed by atoms with Gasteiger partial charge >= 0.3 is 5.97 Å². The van der Waals surface area contributed by atoms with Crippen molar-refractivity contribution in [2.45, 2.75) is 49.4 Å². The molecular weight excluding hydrogens is 212 g/mol. The zero-order chi connectivity index (χ0) is 10.9. The summed E-state index contributed by atoms with van der Waals surface area (Å²) in [4.78, 5) is 11.4. The molecule has 0 amide bonds. The second-order valence-electron chi connectivity index (χ2n) is 4.60. The van der Waals surface area contributed by atoms with E-state index < -0.39 is 16.8 Å². The van der Waals surface area contributed by atoms with Crippen LogP contribution in [0.15, 0.2) is 0 Å². The average Bonchev–Trinajstić information content (AvgIpc) is 2.68. The maximum atomic E-state index is 11.4. The standard InChI is InChI=1S/C11H18O3S/c12-9-5-2-1-4-8(9)11(10(13)14)6-3-7-15-11/h8-9,12H,1-7H2,(H,13,14).